The van der Waals surface area contributed by atoms with Crippen molar-refractivity contribution in [2.75, 3.05) is 39.4 Å². The van der Waals surface area contributed by atoms with E-state index < -0.39 is 0 Å². The Balaban J connectivity index is 2.17. The second kappa shape index (κ2) is 8.97. The lowest BCUT2D eigenvalue weighted by molar-refractivity contribution is 0.103. The molecule has 0 aromatic carbocycles. The Morgan fingerprint density at radius 3 is 2.88 bits per heavy atom. The molecule has 96 valence electrons. The standard InChI is InChI=1S/C13H28N2O/c1-3-6-13-12-15(8-5-7-14-13)9-11-16-10-4-2/h13-14H,3-12H2,1-2H3. The molecule has 0 aromatic rings. The van der Waals surface area contributed by atoms with Gasteiger partial charge in [0.2, 0.25) is 0 Å². The Bertz CT molecular complexity index is 164. The van der Waals surface area contributed by atoms with Crippen LogP contribution in [0.25, 0.3) is 0 Å². The van der Waals surface area contributed by atoms with Gasteiger partial charge in [0.15, 0.2) is 0 Å². The quantitative estimate of drug-likeness (QED) is 0.673. The van der Waals surface area contributed by atoms with Gasteiger partial charge < -0.3 is 10.1 Å². The first-order valence-electron chi connectivity index (χ1n) is 6.90. The van der Waals surface area contributed by atoms with Crippen molar-refractivity contribution in [2.24, 2.45) is 0 Å². The average molecular weight is 228 g/mol. The minimum absolute atomic E-state index is 0.693. The molecule has 1 aliphatic heterocycles. The smallest absolute Gasteiger partial charge is 0.0593 e. The zero-order valence-corrected chi connectivity index (χ0v) is 11.0. The van der Waals surface area contributed by atoms with E-state index in [2.05, 4.69) is 24.1 Å². The molecular weight excluding hydrogens is 200 g/mol. The molecule has 0 aliphatic carbocycles. The topological polar surface area (TPSA) is 24.5 Å². The first-order valence-corrected chi connectivity index (χ1v) is 6.90. The number of hydrogen-bond acceptors (Lipinski definition) is 3. The Morgan fingerprint density at radius 1 is 1.25 bits per heavy atom. The van der Waals surface area contributed by atoms with Crippen LogP contribution in [-0.4, -0.2) is 50.3 Å². The summed E-state index contributed by atoms with van der Waals surface area (Å²) >= 11 is 0. The van der Waals surface area contributed by atoms with E-state index in [0.29, 0.717) is 6.04 Å². The van der Waals surface area contributed by atoms with Gasteiger partial charge in [-0.2, -0.15) is 0 Å². The SMILES string of the molecule is CCCOCCN1CCCNC(CCC)C1. The molecule has 1 aliphatic rings. The van der Waals surface area contributed by atoms with Crippen LogP contribution in [0.1, 0.15) is 39.5 Å². The third-order valence-electron chi connectivity index (χ3n) is 3.10. The fourth-order valence-electron chi connectivity index (χ4n) is 2.26. The Labute approximate surface area is 101 Å². The van der Waals surface area contributed by atoms with Crippen molar-refractivity contribution >= 4 is 0 Å². The second-order valence-corrected chi connectivity index (χ2v) is 4.71. The molecule has 0 radical (unpaired) electrons. The Kier molecular flexibility index (Phi) is 7.81. The minimum Gasteiger partial charge on any atom is -0.380 e. The van der Waals surface area contributed by atoms with Crippen LogP contribution in [0.4, 0.5) is 0 Å². The van der Waals surface area contributed by atoms with Gasteiger partial charge in [-0.05, 0) is 32.4 Å². The van der Waals surface area contributed by atoms with Gasteiger partial charge in [0.1, 0.15) is 0 Å². The number of ether oxygens (including phenoxy) is 1. The van der Waals surface area contributed by atoms with E-state index in [1.165, 1.54) is 38.9 Å². The van der Waals surface area contributed by atoms with Crippen LogP contribution < -0.4 is 5.32 Å². The second-order valence-electron chi connectivity index (χ2n) is 4.71. The lowest BCUT2D eigenvalue weighted by atomic mass is 10.1. The molecule has 0 saturated carbocycles. The van der Waals surface area contributed by atoms with Crippen molar-refractivity contribution in [3.8, 4) is 0 Å². The predicted octanol–water partition coefficient (Wildman–Crippen LogP) is 1.88. The third kappa shape index (κ3) is 5.83. The number of nitrogens with one attached hydrogen (secondary N) is 1. The fraction of sp³-hybridized carbons (Fsp3) is 1.00. The third-order valence-corrected chi connectivity index (χ3v) is 3.10. The van der Waals surface area contributed by atoms with Crippen LogP contribution in [0.3, 0.4) is 0 Å². The van der Waals surface area contributed by atoms with Crippen molar-refractivity contribution in [2.45, 2.75) is 45.6 Å². The van der Waals surface area contributed by atoms with Gasteiger partial charge in [-0.15, -0.1) is 0 Å². The maximum Gasteiger partial charge on any atom is 0.0593 e. The van der Waals surface area contributed by atoms with E-state index in [1.54, 1.807) is 0 Å². The summed E-state index contributed by atoms with van der Waals surface area (Å²) in [6.07, 6.45) is 4.97. The van der Waals surface area contributed by atoms with Crippen LogP contribution in [-0.2, 0) is 4.74 Å². The van der Waals surface area contributed by atoms with Gasteiger partial charge >= 0.3 is 0 Å². The summed E-state index contributed by atoms with van der Waals surface area (Å²) < 4.78 is 5.56. The highest BCUT2D eigenvalue weighted by Crippen LogP contribution is 2.05. The largest absolute Gasteiger partial charge is 0.380 e. The first-order chi connectivity index (χ1) is 7.86. The molecule has 1 heterocycles. The summed E-state index contributed by atoms with van der Waals surface area (Å²) in [7, 11) is 0. The highest BCUT2D eigenvalue weighted by molar-refractivity contribution is 4.75. The normalized spacial score (nSPS) is 23.2. The molecule has 3 heteroatoms. The summed E-state index contributed by atoms with van der Waals surface area (Å²) in [5.74, 6) is 0. The number of hydrogen-bond donors (Lipinski definition) is 1. The highest BCUT2D eigenvalue weighted by Gasteiger charge is 2.16. The highest BCUT2D eigenvalue weighted by atomic mass is 16.5. The lowest BCUT2D eigenvalue weighted by Crippen LogP contribution is -2.38. The number of nitrogens with zero attached hydrogens (tertiary/aromatic N) is 1. The van der Waals surface area contributed by atoms with E-state index in [4.69, 9.17) is 4.74 Å². The molecule has 1 saturated heterocycles. The molecule has 0 spiro atoms. The molecule has 3 nitrogen and oxygen atoms in total. The lowest BCUT2D eigenvalue weighted by Gasteiger charge is -2.23. The molecule has 0 aromatic heterocycles. The molecule has 1 N–H and O–H groups in total. The van der Waals surface area contributed by atoms with Gasteiger partial charge in [0.05, 0.1) is 6.61 Å². The summed E-state index contributed by atoms with van der Waals surface area (Å²) in [6.45, 7) is 10.9. The summed E-state index contributed by atoms with van der Waals surface area (Å²) in [5, 5.41) is 3.63. The molecule has 1 rings (SSSR count). The first kappa shape index (κ1) is 13.9. The fourth-order valence-corrected chi connectivity index (χ4v) is 2.26. The maximum absolute atomic E-state index is 5.56. The van der Waals surface area contributed by atoms with Crippen molar-refractivity contribution in [1.82, 2.24) is 10.2 Å². The monoisotopic (exact) mass is 228 g/mol. The zero-order chi connectivity index (χ0) is 11.6. The van der Waals surface area contributed by atoms with E-state index >= 15 is 0 Å². The molecule has 0 amide bonds. The van der Waals surface area contributed by atoms with Crippen molar-refractivity contribution in [3.05, 3.63) is 0 Å². The number of rotatable bonds is 7. The van der Waals surface area contributed by atoms with E-state index in [1.807, 2.05) is 0 Å². The zero-order valence-electron chi connectivity index (χ0n) is 11.0. The van der Waals surface area contributed by atoms with Crippen molar-refractivity contribution in [3.63, 3.8) is 0 Å². The molecule has 1 fully saturated rings. The van der Waals surface area contributed by atoms with Gasteiger partial charge in [0.25, 0.3) is 0 Å². The van der Waals surface area contributed by atoms with E-state index in [9.17, 15) is 0 Å². The van der Waals surface area contributed by atoms with Crippen LogP contribution >= 0.6 is 0 Å². The van der Waals surface area contributed by atoms with Gasteiger partial charge in [-0.1, -0.05) is 20.3 Å². The van der Waals surface area contributed by atoms with Crippen LogP contribution in [0.2, 0.25) is 0 Å². The molecule has 1 unspecified atom stereocenters. The summed E-state index contributed by atoms with van der Waals surface area (Å²) in [6, 6.07) is 0.693. The Morgan fingerprint density at radius 2 is 2.12 bits per heavy atom. The summed E-state index contributed by atoms with van der Waals surface area (Å²) in [4.78, 5) is 2.55. The van der Waals surface area contributed by atoms with Gasteiger partial charge in [-0.3, -0.25) is 4.90 Å². The minimum atomic E-state index is 0.693. The van der Waals surface area contributed by atoms with Crippen LogP contribution in [0, 0.1) is 0 Å². The predicted molar refractivity (Wildman–Crippen MR) is 68.9 cm³/mol. The van der Waals surface area contributed by atoms with E-state index in [0.717, 1.165) is 26.2 Å². The van der Waals surface area contributed by atoms with Crippen molar-refractivity contribution < 1.29 is 4.74 Å². The van der Waals surface area contributed by atoms with Crippen LogP contribution in [0.5, 0.6) is 0 Å². The summed E-state index contributed by atoms with van der Waals surface area (Å²) in [5.41, 5.74) is 0. The van der Waals surface area contributed by atoms with Gasteiger partial charge in [-0.25, -0.2) is 0 Å². The maximum atomic E-state index is 5.56. The van der Waals surface area contributed by atoms with Gasteiger partial charge in [0, 0.05) is 25.7 Å². The van der Waals surface area contributed by atoms with E-state index in [-0.39, 0.29) is 0 Å². The Hall–Kier alpha value is -0.120. The van der Waals surface area contributed by atoms with Crippen molar-refractivity contribution in [1.29, 1.82) is 0 Å². The molecular formula is C13H28N2O. The molecule has 16 heavy (non-hydrogen) atoms. The van der Waals surface area contributed by atoms with Crippen LogP contribution in [0.15, 0.2) is 0 Å². The molecule has 0 bridgehead atoms. The average Bonchev–Trinajstić information content (AvgIpc) is 2.51. The molecule has 1 atom stereocenters.